The van der Waals surface area contributed by atoms with Crippen molar-refractivity contribution < 1.29 is 29.0 Å². The van der Waals surface area contributed by atoms with Gasteiger partial charge in [0.1, 0.15) is 18.2 Å². The molecular formula is C25H28N2O6. The van der Waals surface area contributed by atoms with Crippen molar-refractivity contribution in [3.8, 4) is 11.1 Å². The maximum absolute atomic E-state index is 12.9. The van der Waals surface area contributed by atoms with Gasteiger partial charge >= 0.3 is 18.2 Å². The summed E-state index contributed by atoms with van der Waals surface area (Å²) in [5.41, 5.74) is 3.70. The Morgan fingerprint density at radius 3 is 2.15 bits per heavy atom. The Morgan fingerprint density at radius 1 is 1.03 bits per heavy atom. The highest BCUT2D eigenvalue weighted by Crippen LogP contribution is 2.44. The Labute approximate surface area is 192 Å². The van der Waals surface area contributed by atoms with Crippen molar-refractivity contribution in [3.05, 3.63) is 59.7 Å². The number of hydrogen-bond acceptors (Lipinski definition) is 5. The second-order valence-electron chi connectivity index (χ2n) is 9.39. The molecule has 0 aromatic heterocycles. The summed E-state index contributed by atoms with van der Waals surface area (Å²) >= 11 is 0. The molecule has 1 aliphatic heterocycles. The van der Waals surface area contributed by atoms with Crippen molar-refractivity contribution in [2.75, 3.05) is 13.2 Å². The van der Waals surface area contributed by atoms with E-state index in [1.165, 1.54) is 0 Å². The summed E-state index contributed by atoms with van der Waals surface area (Å²) in [6, 6.07) is 14.4. The van der Waals surface area contributed by atoms with E-state index in [9.17, 15) is 19.5 Å². The number of carbonyl (C=O) groups is 3. The van der Waals surface area contributed by atoms with Crippen LogP contribution in [0.1, 0.15) is 44.2 Å². The number of carboxylic acid groups (broad SMARTS) is 1. The van der Waals surface area contributed by atoms with Crippen molar-refractivity contribution in [2.24, 2.45) is 0 Å². The van der Waals surface area contributed by atoms with E-state index in [4.69, 9.17) is 9.47 Å². The molecule has 1 saturated heterocycles. The number of rotatable bonds is 4. The van der Waals surface area contributed by atoms with Crippen LogP contribution < -0.4 is 5.32 Å². The van der Waals surface area contributed by atoms with Gasteiger partial charge in [-0.2, -0.15) is 0 Å². The SMILES string of the molecule is CC(C)(C)OC(=O)N[C@H]1C[C@H](C(=O)O)N(C(=O)OCC2c3ccccc3-c3ccccc32)C1. The molecular weight excluding hydrogens is 424 g/mol. The number of alkyl carbamates (subject to hydrolysis) is 1. The highest BCUT2D eigenvalue weighted by molar-refractivity contribution is 5.82. The lowest BCUT2D eigenvalue weighted by molar-refractivity contribution is -0.141. The molecule has 1 aliphatic carbocycles. The molecule has 2 aromatic carbocycles. The van der Waals surface area contributed by atoms with E-state index < -0.39 is 35.8 Å². The van der Waals surface area contributed by atoms with Gasteiger partial charge in [-0.15, -0.1) is 0 Å². The molecule has 0 radical (unpaired) electrons. The normalized spacial score (nSPS) is 19.5. The molecule has 8 heteroatoms. The molecule has 0 saturated carbocycles. The Morgan fingerprint density at radius 2 is 1.61 bits per heavy atom. The number of nitrogens with zero attached hydrogens (tertiary/aromatic N) is 1. The van der Waals surface area contributed by atoms with Gasteiger partial charge in [0.15, 0.2) is 0 Å². The maximum atomic E-state index is 12.9. The van der Waals surface area contributed by atoms with Crippen LogP contribution in [0.2, 0.25) is 0 Å². The number of nitrogens with one attached hydrogen (secondary N) is 1. The first-order valence-electron chi connectivity index (χ1n) is 11.0. The zero-order valence-electron chi connectivity index (χ0n) is 18.9. The molecule has 2 amide bonds. The largest absolute Gasteiger partial charge is 0.480 e. The molecule has 33 heavy (non-hydrogen) atoms. The molecule has 2 aliphatic rings. The number of carbonyl (C=O) groups excluding carboxylic acids is 2. The van der Waals surface area contributed by atoms with E-state index in [-0.39, 0.29) is 25.5 Å². The van der Waals surface area contributed by atoms with Gasteiger partial charge in [-0.1, -0.05) is 48.5 Å². The predicted octanol–water partition coefficient (Wildman–Crippen LogP) is 3.99. The van der Waals surface area contributed by atoms with Gasteiger partial charge in [0, 0.05) is 18.9 Å². The third-order valence-electron chi connectivity index (χ3n) is 5.88. The van der Waals surface area contributed by atoms with Crippen molar-refractivity contribution in [2.45, 2.75) is 50.8 Å². The van der Waals surface area contributed by atoms with Gasteiger partial charge in [-0.05, 0) is 43.0 Å². The average Bonchev–Trinajstić information content (AvgIpc) is 3.30. The Kier molecular flexibility index (Phi) is 6.01. The lowest BCUT2D eigenvalue weighted by atomic mass is 9.98. The van der Waals surface area contributed by atoms with Gasteiger partial charge in [-0.25, -0.2) is 14.4 Å². The van der Waals surface area contributed by atoms with Gasteiger partial charge in [0.05, 0.1) is 6.04 Å². The second kappa shape index (κ2) is 8.77. The summed E-state index contributed by atoms with van der Waals surface area (Å²) in [7, 11) is 0. The first-order chi connectivity index (χ1) is 15.6. The molecule has 0 unspecified atom stereocenters. The first-order valence-corrected chi connectivity index (χ1v) is 11.0. The van der Waals surface area contributed by atoms with E-state index in [2.05, 4.69) is 5.32 Å². The van der Waals surface area contributed by atoms with Crippen LogP contribution in [0.15, 0.2) is 48.5 Å². The van der Waals surface area contributed by atoms with Crippen LogP contribution in [0.4, 0.5) is 9.59 Å². The third-order valence-corrected chi connectivity index (χ3v) is 5.88. The quantitative estimate of drug-likeness (QED) is 0.727. The van der Waals surface area contributed by atoms with Gasteiger partial charge < -0.3 is 19.9 Å². The highest BCUT2D eigenvalue weighted by atomic mass is 16.6. The maximum Gasteiger partial charge on any atom is 0.410 e. The number of fused-ring (bicyclic) bond motifs is 3. The Hall–Kier alpha value is -3.55. The fourth-order valence-corrected chi connectivity index (χ4v) is 4.53. The molecule has 0 spiro atoms. The van der Waals surface area contributed by atoms with Crippen molar-refractivity contribution in [3.63, 3.8) is 0 Å². The zero-order valence-corrected chi connectivity index (χ0v) is 18.9. The molecule has 174 valence electrons. The fraction of sp³-hybridized carbons (Fsp3) is 0.400. The van der Waals surface area contributed by atoms with E-state index in [0.29, 0.717) is 0 Å². The minimum atomic E-state index is -1.14. The van der Waals surface area contributed by atoms with Crippen molar-refractivity contribution in [1.82, 2.24) is 10.2 Å². The summed E-state index contributed by atoms with van der Waals surface area (Å²) in [5.74, 6) is -1.26. The van der Waals surface area contributed by atoms with Crippen LogP contribution in [0.5, 0.6) is 0 Å². The minimum Gasteiger partial charge on any atom is -0.480 e. The summed E-state index contributed by atoms with van der Waals surface area (Å²) in [6.45, 7) is 5.35. The van der Waals surface area contributed by atoms with Crippen molar-refractivity contribution >= 4 is 18.2 Å². The predicted molar refractivity (Wildman–Crippen MR) is 121 cm³/mol. The first kappa shape index (κ1) is 22.6. The fourth-order valence-electron chi connectivity index (χ4n) is 4.53. The van der Waals surface area contributed by atoms with Crippen LogP contribution in [-0.4, -0.2) is 59.0 Å². The number of likely N-dealkylation sites (tertiary alicyclic amines) is 1. The van der Waals surface area contributed by atoms with Crippen molar-refractivity contribution in [1.29, 1.82) is 0 Å². The molecule has 4 rings (SSSR count). The van der Waals surface area contributed by atoms with Crippen LogP contribution in [0.3, 0.4) is 0 Å². The van der Waals surface area contributed by atoms with Crippen LogP contribution in [0.25, 0.3) is 11.1 Å². The van der Waals surface area contributed by atoms with Crippen LogP contribution in [-0.2, 0) is 14.3 Å². The van der Waals surface area contributed by atoms with Gasteiger partial charge in [-0.3, -0.25) is 4.90 Å². The van der Waals surface area contributed by atoms with E-state index >= 15 is 0 Å². The lowest BCUT2D eigenvalue weighted by Gasteiger charge is -2.23. The molecule has 2 N–H and O–H groups in total. The summed E-state index contributed by atoms with van der Waals surface area (Å²) in [6.07, 6.45) is -1.28. The van der Waals surface area contributed by atoms with E-state index in [1.54, 1.807) is 20.8 Å². The Balaban J connectivity index is 1.43. The number of aliphatic carboxylic acids is 1. The summed E-state index contributed by atoms with van der Waals surface area (Å²) in [5, 5.41) is 12.3. The molecule has 0 bridgehead atoms. The molecule has 8 nitrogen and oxygen atoms in total. The zero-order chi connectivity index (χ0) is 23.8. The number of benzene rings is 2. The lowest BCUT2D eigenvalue weighted by Crippen LogP contribution is -2.43. The van der Waals surface area contributed by atoms with Crippen LogP contribution in [0, 0.1) is 0 Å². The van der Waals surface area contributed by atoms with Crippen LogP contribution >= 0.6 is 0 Å². The third kappa shape index (κ3) is 4.79. The highest BCUT2D eigenvalue weighted by Gasteiger charge is 2.42. The number of amides is 2. The number of ether oxygens (including phenoxy) is 2. The van der Waals surface area contributed by atoms with Gasteiger partial charge in [0.2, 0.25) is 0 Å². The summed E-state index contributed by atoms with van der Waals surface area (Å²) in [4.78, 5) is 37.9. The molecule has 1 heterocycles. The minimum absolute atomic E-state index is 0.0346. The number of hydrogen-bond donors (Lipinski definition) is 2. The Bertz CT molecular complexity index is 1030. The second-order valence-corrected chi connectivity index (χ2v) is 9.39. The summed E-state index contributed by atoms with van der Waals surface area (Å²) < 4.78 is 10.9. The molecule has 2 atom stereocenters. The standard InChI is InChI=1S/C25H28N2O6/c1-25(2,3)33-23(30)26-15-12-21(22(28)29)27(13-15)24(31)32-14-20-18-10-6-4-8-16(18)17-9-5-7-11-19(17)20/h4-11,15,20-21H,12-14H2,1-3H3,(H,26,30)(H,28,29)/t15-,21+/m0/s1. The van der Waals surface area contributed by atoms with E-state index in [1.807, 2.05) is 48.5 Å². The van der Waals surface area contributed by atoms with E-state index in [0.717, 1.165) is 27.2 Å². The monoisotopic (exact) mass is 452 g/mol. The van der Waals surface area contributed by atoms with Gasteiger partial charge in [0.25, 0.3) is 0 Å². The topological polar surface area (TPSA) is 105 Å². The number of carboxylic acids is 1. The molecule has 1 fully saturated rings. The molecule has 2 aromatic rings. The smallest absolute Gasteiger partial charge is 0.410 e. The average molecular weight is 453 g/mol.